The lowest BCUT2D eigenvalue weighted by atomic mass is 9.94. The van der Waals surface area contributed by atoms with Gasteiger partial charge in [-0.25, -0.2) is 0 Å². The molecule has 1 amide bonds. The van der Waals surface area contributed by atoms with E-state index in [1.807, 2.05) is 17.0 Å². The molecule has 2 heterocycles. The van der Waals surface area contributed by atoms with Crippen LogP contribution in [0.2, 0.25) is 0 Å². The van der Waals surface area contributed by atoms with Crippen molar-refractivity contribution >= 4 is 17.4 Å². The van der Waals surface area contributed by atoms with E-state index in [2.05, 4.69) is 29.6 Å². The standard InChI is InChI=1S/C25H28N2O2/c28-23(7-3-4-13-26-22-10-8-17-5-1-2-6-21(17)22)20-15-18-9-11-24(29)27-14-12-19(16-20)25(18)27/h1-2,5-6,15-16,22,26H,3-4,7-14H2. The van der Waals surface area contributed by atoms with Gasteiger partial charge in [-0.3, -0.25) is 9.59 Å². The number of Topliss-reactive ketones (excluding diaryl/α,β-unsaturated/α-hetero) is 1. The van der Waals surface area contributed by atoms with Gasteiger partial charge in [0, 0.05) is 31.0 Å². The van der Waals surface area contributed by atoms with Gasteiger partial charge in [0.1, 0.15) is 0 Å². The minimum absolute atomic E-state index is 0.229. The molecule has 2 aromatic carbocycles. The number of unbranched alkanes of at least 4 members (excludes halogenated alkanes) is 1. The van der Waals surface area contributed by atoms with Crippen molar-refractivity contribution in [3.8, 4) is 0 Å². The number of anilines is 1. The number of fused-ring (bicyclic) bond motifs is 1. The van der Waals surface area contributed by atoms with Gasteiger partial charge in [0.05, 0.1) is 5.69 Å². The third kappa shape index (κ3) is 3.51. The van der Waals surface area contributed by atoms with Gasteiger partial charge in [-0.1, -0.05) is 24.3 Å². The maximum absolute atomic E-state index is 12.8. The highest BCUT2D eigenvalue weighted by Gasteiger charge is 2.31. The van der Waals surface area contributed by atoms with Crippen LogP contribution in [0.5, 0.6) is 0 Å². The number of nitrogens with zero attached hydrogens (tertiary/aromatic N) is 1. The van der Waals surface area contributed by atoms with E-state index in [-0.39, 0.29) is 11.7 Å². The van der Waals surface area contributed by atoms with Crippen molar-refractivity contribution in [3.05, 3.63) is 64.2 Å². The quantitative estimate of drug-likeness (QED) is 0.573. The van der Waals surface area contributed by atoms with Crippen LogP contribution in [0, 0.1) is 0 Å². The molecule has 29 heavy (non-hydrogen) atoms. The number of ketones is 1. The topological polar surface area (TPSA) is 49.4 Å². The highest BCUT2D eigenvalue weighted by molar-refractivity contribution is 6.02. The van der Waals surface area contributed by atoms with E-state index < -0.39 is 0 Å². The lowest BCUT2D eigenvalue weighted by Gasteiger charge is -2.25. The monoisotopic (exact) mass is 388 g/mol. The molecule has 2 aliphatic heterocycles. The molecule has 4 heteroatoms. The molecule has 0 bridgehead atoms. The van der Waals surface area contributed by atoms with Crippen LogP contribution in [-0.2, 0) is 24.1 Å². The van der Waals surface area contributed by atoms with Crippen molar-refractivity contribution in [1.29, 1.82) is 0 Å². The lowest BCUT2D eigenvalue weighted by molar-refractivity contribution is -0.118. The van der Waals surface area contributed by atoms with Crippen molar-refractivity contribution in [2.75, 3.05) is 18.0 Å². The van der Waals surface area contributed by atoms with Gasteiger partial charge in [0.25, 0.3) is 0 Å². The second kappa shape index (κ2) is 7.75. The Bertz CT molecular complexity index is 965. The number of hydrogen-bond acceptors (Lipinski definition) is 3. The zero-order valence-electron chi connectivity index (χ0n) is 16.9. The predicted molar refractivity (Wildman–Crippen MR) is 115 cm³/mol. The van der Waals surface area contributed by atoms with E-state index in [4.69, 9.17) is 0 Å². The lowest BCUT2D eigenvalue weighted by Crippen LogP contribution is -2.32. The average molecular weight is 389 g/mol. The molecule has 0 fully saturated rings. The minimum Gasteiger partial charge on any atom is -0.312 e. The van der Waals surface area contributed by atoms with Crippen molar-refractivity contribution in [2.24, 2.45) is 0 Å². The summed E-state index contributed by atoms with van der Waals surface area (Å²) in [6.07, 6.45) is 7.09. The number of carbonyl (C=O) groups is 2. The van der Waals surface area contributed by atoms with Crippen LogP contribution in [-0.4, -0.2) is 24.8 Å². The van der Waals surface area contributed by atoms with Crippen molar-refractivity contribution in [3.63, 3.8) is 0 Å². The molecule has 1 atom stereocenters. The third-order valence-corrected chi connectivity index (χ3v) is 6.73. The molecule has 0 spiro atoms. The first-order valence-electron chi connectivity index (χ1n) is 11.0. The molecular formula is C25H28N2O2. The SMILES string of the molecule is O=C(CCCCNC1CCc2ccccc21)c1cc2c3c(c1)CCN3C(=O)CC2. The van der Waals surface area contributed by atoms with E-state index in [0.717, 1.165) is 56.4 Å². The first kappa shape index (κ1) is 18.6. The molecule has 2 aromatic rings. The van der Waals surface area contributed by atoms with Crippen LogP contribution >= 0.6 is 0 Å². The fraction of sp³-hybridized carbons (Fsp3) is 0.440. The van der Waals surface area contributed by atoms with E-state index in [1.165, 1.54) is 28.7 Å². The first-order chi connectivity index (χ1) is 14.2. The molecule has 4 nitrogen and oxygen atoms in total. The van der Waals surface area contributed by atoms with Crippen LogP contribution in [0.1, 0.15) is 70.8 Å². The zero-order chi connectivity index (χ0) is 19.8. The summed E-state index contributed by atoms with van der Waals surface area (Å²) >= 11 is 0. The maximum Gasteiger partial charge on any atom is 0.227 e. The first-order valence-corrected chi connectivity index (χ1v) is 11.0. The molecule has 0 saturated heterocycles. The normalized spacial score (nSPS) is 19.4. The molecule has 1 unspecified atom stereocenters. The van der Waals surface area contributed by atoms with Gasteiger partial charge in [-0.2, -0.15) is 0 Å². The summed E-state index contributed by atoms with van der Waals surface area (Å²) in [6.45, 7) is 1.73. The summed E-state index contributed by atoms with van der Waals surface area (Å²) in [6, 6.07) is 13.3. The third-order valence-electron chi connectivity index (χ3n) is 6.73. The summed E-state index contributed by atoms with van der Waals surface area (Å²) in [5, 5.41) is 3.67. The Morgan fingerprint density at radius 3 is 2.72 bits per heavy atom. The Labute approximate surface area is 172 Å². The summed E-state index contributed by atoms with van der Waals surface area (Å²) in [7, 11) is 0. The number of aryl methyl sites for hydroxylation is 2. The Kier molecular flexibility index (Phi) is 4.96. The highest BCUT2D eigenvalue weighted by Crippen LogP contribution is 2.37. The van der Waals surface area contributed by atoms with Gasteiger partial charge in [-0.05, 0) is 79.5 Å². The van der Waals surface area contributed by atoms with Crippen LogP contribution in [0.25, 0.3) is 0 Å². The number of benzene rings is 2. The van der Waals surface area contributed by atoms with E-state index in [9.17, 15) is 9.59 Å². The van der Waals surface area contributed by atoms with Gasteiger partial charge >= 0.3 is 0 Å². The predicted octanol–water partition coefficient (Wildman–Crippen LogP) is 4.15. The minimum atomic E-state index is 0.229. The van der Waals surface area contributed by atoms with Crippen LogP contribution in [0.15, 0.2) is 36.4 Å². The molecule has 0 aromatic heterocycles. The van der Waals surface area contributed by atoms with Crippen molar-refractivity contribution in [1.82, 2.24) is 5.32 Å². The van der Waals surface area contributed by atoms with Gasteiger partial charge < -0.3 is 10.2 Å². The van der Waals surface area contributed by atoms with Crippen LogP contribution < -0.4 is 10.2 Å². The smallest absolute Gasteiger partial charge is 0.227 e. The van der Waals surface area contributed by atoms with Gasteiger partial charge in [-0.15, -0.1) is 0 Å². The number of amides is 1. The molecule has 150 valence electrons. The molecule has 3 aliphatic rings. The second-order valence-corrected chi connectivity index (χ2v) is 8.56. The number of hydrogen-bond donors (Lipinski definition) is 1. The van der Waals surface area contributed by atoms with Gasteiger partial charge in [0.15, 0.2) is 5.78 Å². The number of carbonyl (C=O) groups excluding carboxylic acids is 2. The largest absolute Gasteiger partial charge is 0.312 e. The van der Waals surface area contributed by atoms with E-state index in [0.29, 0.717) is 18.9 Å². The number of rotatable bonds is 7. The van der Waals surface area contributed by atoms with E-state index >= 15 is 0 Å². The fourth-order valence-corrected chi connectivity index (χ4v) is 5.22. The van der Waals surface area contributed by atoms with Crippen LogP contribution in [0.4, 0.5) is 5.69 Å². The molecule has 1 N–H and O–H groups in total. The van der Waals surface area contributed by atoms with E-state index in [1.54, 1.807) is 0 Å². The summed E-state index contributed by atoms with van der Waals surface area (Å²) in [5.41, 5.74) is 7.22. The molecule has 1 aliphatic carbocycles. The fourth-order valence-electron chi connectivity index (χ4n) is 5.22. The number of nitrogens with one attached hydrogen (secondary N) is 1. The van der Waals surface area contributed by atoms with Crippen molar-refractivity contribution in [2.45, 2.75) is 57.4 Å². The van der Waals surface area contributed by atoms with Crippen LogP contribution in [0.3, 0.4) is 0 Å². The molecule has 5 rings (SSSR count). The van der Waals surface area contributed by atoms with Gasteiger partial charge in [0.2, 0.25) is 5.91 Å². The summed E-state index contributed by atoms with van der Waals surface area (Å²) in [5.74, 6) is 0.471. The summed E-state index contributed by atoms with van der Waals surface area (Å²) < 4.78 is 0. The molecular weight excluding hydrogens is 360 g/mol. The Balaban J connectivity index is 1.13. The molecule has 0 saturated carbocycles. The maximum atomic E-state index is 12.8. The second-order valence-electron chi connectivity index (χ2n) is 8.56. The Morgan fingerprint density at radius 1 is 1.00 bits per heavy atom. The molecule has 0 radical (unpaired) electrons. The van der Waals surface area contributed by atoms with Crippen molar-refractivity contribution < 1.29 is 9.59 Å². The zero-order valence-corrected chi connectivity index (χ0v) is 16.9. The highest BCUT2D eigenvalue weighted by atomic mass is 16.2. The average Bonchev–Trinajstić information content (AvgIpc) is 3.36. The Morgan fingerprint density at radius 2 is 1.83 bits per heavy atom. The Hall–Kier alpha value is -2.46. The summed E-state index contributed by atoms with van der Waals surface area (Å²) in [4.78, 5) is 26.7.